The lowest BCUT2D eigenvalue weighted by Crippen LogP contribution is -2.24. The molecule has 1 aromatic rings. The van der Waals surface area contributed by atoms with E-state index in [9.17, 15) is 4.39 Å². The fraction of sp³-hybridized carbons (Fsp3) is 0.400. The Hall–Kier alpha value is -0.890. The van der Waals surface area contributed by atoms with E-state index < -0.39 is 6.67 Å². The predicted molar refractivity (Wildman–Crippen MR) is 48.8 cm³/mol. The van der Waals surface area contributed by atoms with Gasteiger partial charge in [-0.25, -0.2) is 4.39 Å². The van der Waals surface area contributed by atoms with Crippen molar-refractivity contribution in [3.8, 4) is 0 Å². The van der Waals surface area contributed by atoms with Gasteiger partial charge in [-0.15, -0.1) is 0 Å². The van der Waals surface area contributed by atoms with Crippen molar-refractivity contribution in [3.05, 3.63) is 35.4 Å². The quantitative estimate of drug-likeness (QED) is 0.730. The van der Waals surface area contributed by atoms with Crippen molar-refractivity contribution >= 4 is 0 Å². The summed E-state index contributed by atoms with van der Waals surface area (Å²) in [6.07, 6.45) is 0.622. The van der Waals surface area contributed by atoms with Crippen molar-refractivity contribution in [3.63, 3.8) is 0 Å². The Labute approximate surface area is 72.4 Å². The number of halogens is 1. The maximum Gasteiger partial charge on any atom is 0.105 e. The van der Waals surface area contributed by atoms with Crippen molar-refractivity contribution in [2.24, 2.45) is 5.73 Å². The van der Waals surface area contributed by atoms with E-state index in [4.69, 9.17) is 5.73 Å². The van der Waals surface area contributed by atoms with Crippen LogP contribution in [0.4, 0.5) is 4.39 Å². The third kappa shape index (κ3) is 2.62. The van der Waals surface area contributed by atoms with E-state index in [1.807, 2.05) is 31.2 Å². The van der Waals surface area contributed by atoms with Gasteiger partial charge in [-0.2, -0.15) is 0 Å². The highest BCUT2D eigenvalue weighted by Gasteiger charge is 2.01. The van der Waals surface area contributed by atoms with Gasteiger partial charge in [-0.3, -0.25) is 0 Å². The van der Waals surface area contributed by atoms with E-state index in [-0.39, 0.29) is 6.04 Å². The van der Waals surface area contributed by atoms with E-state index in [0.717, 1.165) is 5.56 Å². The number of aryl methyl sites for hydroxylation is 1. The van der Waals surface area contributed by atoms with Crippen molar-refractivity contribution in [2.75, 3.05) is 6.67 Å². The molecule has 0 radical (unpaired) electrons. The highest BCUT2D eigenvalue weighted by Crippen LogP contribution is 2.05. The summed E-state index contributed by atoms with van der Waals surface area (Å²) in [5.41, 5.74) is 7.79. The van der Waals surface area contributed by atoms with Crippen LogP contribution in [0.25, 0.3) is 0 Å². The standard InChI is InChI=1S/C10H14FN/c1-8-2-4-9(5-3-8)6-10(12)7-11/h2-5,10H,6-7,12H2,1H3. The second-order valence-electron chi connectivity index (χ2n) is 3.10. The summed E-state index contributed by atoms with van der Waals surface area (Å²) in [7, 11) is 0. The molecule has 0 aliphatic carbocycles. The van der Waals surface area contributed by atoms with E-state index in [0.29, 0.717) is 6.42 Å². The molecule has 0 spiro atoms. The zero-order valence-corrected chi connectivity index (χ0v) is 7.26. The van der Waals surface area contributed by atoms with E-state index in [2.05, 4.69) is 0 Å². The van der Waals surface area contributed by atoms with Crippen LogP contribution in [0.15, 0.2) is 24.3 Å². The largest absolute Gasteiger partial charge is 0.325 e. The monoisotopic (exact) mass is 167 g/mol. The first-order valence-corrected chi connectivity index (χ1v) is 4.09. The van der Waals surface area contributed by atoms with Crippen molar-refractivity contribution < 1.29 is 4.39 Å². The molecule has 0 heterocycles. The Kier molecular flexibility index (Phi) is 3.23. The van der Waals surface area contributed by atoms with Crippen molar-refractivity contribution in [2.45, 2.75) is 19.4 Å². The average molecular weight is 167 g/mol. The molecule has 66 valence electrons. The molecule has 1 aromatic carbocycles. The second kappa shape index (κ2) is 4.21. The van der Waals surface area contributed by atoms with Gasteiger partial charge in [0.05, 0.1) is 0 Å². The summed E-state index contributed by atoms with van der Waals surface area (Å²) in [6, 6.07) is 7.66. The van der Waals surface area contributed by atoms with Crippen LogP contribution in [-0.2, 0) is 6.42 Å². The molecule has 1 unspecified atom stereocenters. The lowest BCUT2D eigenvalue weighted by molar-refractivity contribution is 0.427. The molecule has 0 saturated heterocycles. The molecule has 2 heteroatoms. The fourth-order valence-corrected chi connectivity index (χ4v) is 1.08. The van der Waals surface area contributed by atoms with E-state index >= 15 is 0 Å². The summed E-state index contributed by atoms with van der Waals surface area (Å²) < 4.78 is 12.0. The minimum atomic E-state index is -0.451. The highest BCUT2D eigenvalue weighted by atomic mass is 19.1. The third-order valence-corrected chi connectivity index (χ3v) is 1.82. The Balaban J connectivity index is 2.58. The van der Waals surface area contributed by atoms with Crippen LogP contribution in [-0.4, -0.2) is 12.7 Å². The van der Waals surface area contributed by atoms with Gasteiger partial charge in [-0.05, 0) is 18.9 Å². The molecule has 1 rings (SSSR count). The van der Waals surface area contributed by atoms with Crippen molar-refractivity contribution in [1.29, 1.82) is 0 Å². The van der Waals surface area contributed by atoms with Crippen molar-refractivity contribution in [1.82, 2.24) is 0 Å². The first-order chi connectivity index (χ1) is 5.72. The van der Waals surface area contributed by atoms with Crippen LogP contribution < -0.4 is 5.73 Å². The third-order valence-electron chi connectivity index (χ3n) is 1.82. The topological polar surface area (TPSA) is 26.0 Å². The van der Waals surface area contributed by atoms with Crippen LogP contribution in [0, 0.1) is 6.92 Å². The number of nitrogens with two attached hydrogens (primary N) is 1. The summed E-state index contributed by atoms with van der Waals surface area (Å²) >= 11 is 0. The number of alkyl halides is 1. The SMILES string of the molecule is Cc1ccc(CC(N)CF)cc1. The average Bonchev–Trinajstić information content (AvgIpc) is 2.09. The molecule has 2 N–H and O–H groups in total. The molecule has 0 fully saturated rings. The van der Waals surface area contributed by atoms with Gasteiger partial charge in [0, 0.05) is 6.04 Å². The van der Waals surface area contributed by atoms with Gasteiger partial charge in [0.25, 0.3) is 0 Å². The Morgan fingerprint density at radius 2 is 1.92 bits per heavy atom. The van der Waals surface area contributed by atoms with E-state index in [1.54, 1.807) is 0 Å². The Morgan fingerprint density at radius 1 is 1.33 bits per heavy atom. The van der Waals surface area contributed by atoms with E-state index in [1.165, 1.54) is 5.56 Å². The molecule has 0 aromatic heterocycles. The Morgan fingerprint density at radius 3 is 2.42 bits per heavy atom. The summed E-state index contributed by atoms with van der Waals surface area (Å²) in [5.74, 6) is 0. The molecular weight excluding hydrogens is 153 g/mol. The lowest BCUT2D eigenvalue weighted by atomic mass is 10.1. The van der Waals surface area contributed by atoms with Gasteiger partial charge in [-0.1, -0.05) is 29.8 Å². The van der Waals surface area contributed by atoms with Crippen LogP contribution in [0.1, 0.15) is 11.1 Å². The fourth-order valence-electron chi connectivity index (χ4n) is 1.08. The Bertz CT molecular complexity index is 230. The molecule has 0 aliphatic heterocycles. The zero-order chi connectivity index (χ0) is 8.97. The molecule has 1 nitrogen and oxygen atoms in total. The molecule has 0 bridgehead atoms. The highest BCUT2D eigenvalue weighted by molar-refractivity contribution is 5.21. The van der Waals surface area contributed by atoms with Crippen LogP contribution in [0.3, 0.4) is 0 Å². The predicted octanol–water partition coefficient (Wildman–Crippen LogP) is 1.83. The molecule has 1 atom stereocenters. The molecule has 0 aliphatic rings. The number of hydrogen-bond acceptors (Lipinski definition) is 1. The molecular formula is C10H14FN. The minimum Gasteiger partial charge on any atom is -0.325 e. The molecule has 12 heavy (non-hydrogen) atoms. The second-order valence-corrected chi connectivity index (χ2v) is 3.10. The smallest absolute Gasteiger partial charge is 0.105 e. The van der Waals surface area contributed by atoms with Crippen LogP contribution >= 0.6 is 0 Å². The summed E-state index contributed by atoms with van der Waals surface area (Å²) in [5, 5.41) is 0. The first kappa shape index (κ1) is 9.20. The number of rotatable bonds is 3. The zero-order valence-electron chi connectivity index (χ0n) is 7.26. The first-order valence-electron chi connectivity index (χ1n) is 4.09. The summed E-state index contributed by atoms with van der Waals surface area (Å²) in [6.45, 7) is 1.58. The normalized spacial score (nSPS) is 12.9. The van der Waals surface area contributed by atoms with Gasteiger partial charge in [0.2, 0.25) is 0 Å². The van der Waals surface area contributed by atoms with Crippen LogP contribution in [0.2, 0.25) is 0 Å². The number of hydrogen-bond donors (Lipinski definition) is 1. The maximum absolute atomic E-state index is 12.0. The van der Waals surface area contributed by atoms with Gasteiger partial charge >= 0.3 is 0 Å². The molecule has 0 saturated carbocycles. The van der Waals surface area contributed by atoms with Gasteiger partial charge < -0.3 is 5.73 Å². The van der Waals surface area contributed by atoms with Gasteiger partial charge in [0.15, 0.2) is 0 Å². The summed E-state index contributed by atoms with van der Waals surface area (Å²) in [4.78, 5) is 0. The lowest BCUT2D eigenvalue weighted by Gasteiger charge is -2.06. The minimum absolute atomic E-state index is 0.354. The maximum atomic E-state index is 12.0. The van der Waals surface area contributed by atoms with Gasteiger partial charge in [0.1, 0.15) is 6.67 Å². The number of benzene rings is 1. The molecule has 0 amide bonds. The van der Waals surface area contributed by atoms with Crippen LogP contribution in [0.5, 0.6) is 0 Å².